The van der Waals surface area contributed by atoms with Crippen LogP contribution in [0.2, 0.25) is 0 Å². The van der Waals surface area contributed by atoms with Gasteiger partial charge in [0.1, 0.15) is 17.8 Å². The molecule has 100 valence electrons. The number of esters is 1. The first-order valence-electron chi connectivity index (χ1n) is 6.30. The SMILES string of the molecule is CC(=O)[C@@H]1C(=O)O[C@@H](C)[C@H]1CC(=O)c1ccccc1. The molecule has 1 aromatic carbocycles. The van der Waals surface area contributed by atoms with Crippen molar-refractivity contribution in [2.75, 3.05) is 0 Å². The standard InChI is InChI=1S/C15H16O4/c1-9(16)14-12(10(2)19-15(14)18)8-13(17)11-6-4-3-5-7-11/h3-7,10,12,14H,8H2,1-2H3/t10-,12+,14-/m0/s1. The molecular formula is C15H16O4. The number of benzene rings is 1. The van der Waals surface area contributed by atoms with Gasteiger partial charge >= 0.3 is 5.97 Å². The summed E-state index contributed by atoms with van der Waals surface area (Å²) in [7, 11) is 0. The predicted molar refractivity (Wildman–Crippen MR) is 68.6 cm³/mol. The van der Waals surface area contributed by atoms with Crippen LogP contribution in [0.1, 0.15) is 30.6 Å². The van der Waals surface area contributed by atoms with Crippen LogP contribution in [0.5, 0.6) is 0 Å². The Labute approximate surface area is 111 Å². The Bertz CT molecular complexity index is 506. The molecule has 4 heteroatoms. The van der Waals surface area contributed by atoms with Gasteiger partial charge in [0, 0.05) is 17.9 Å². The smallest absolute Gasteiger partial charge is 0.317 e. The van der Waals surface area contributed by atoms with E-state index in [4.69, 9.17) is 4.74 Å². The summed E-state index contributed by atoms with van der Waals surface area (Å²) >= 11 is 0. The van der Waals surface area contributed by atoms with Crippen LogP contribution in [0.25, 0.3) is 0 Å². The maximum absolute atomic E-state index is 12.1. The maximum Gasteiger partial charge on any atom is 0.317 e. The van der Waals surface area contributed by atoms with Gasteiger partial charge < -0.3 is 4.74 Å². The zero-order valence-electron chi connectivity index (χ0n) is 11.0. The minimum absolute atomic E-state index is 0.0676. The second kappa shape index (κ2) is 5.34. The van der Waals surface area contributed by atoms with E-state index in [0.717, 1.165) is 0 Å². The number of hydrogen-bond acceptors (Lipinski definition) is 4. The van der Waals surface area contributed by atoms with Gasteiger partial charge in [-0.3, -0.25) is 14.4 Å². The minimum Gasteiger partial charge on any atom is -0.462 e. The summed E-state index contributed by atoms with van der Waals surface area (Å²) < 4.78 is 5.07. The van der Waals surface area contributed by atoms with E-state index in [1.165, 1.54) is 6.92 Å². The number of Topliss-reactive ketones (excluding diaryl/α,β-unsaturated/α-hetero) is 2. The van der Waals surface area contributed by atoms with Gasteiger partial charge in [-0.2, -0.15) is 0 Å². The quantitative estimate of drug-likeness (QED) is 0.472. The first-order chi connectivity index (χ1) is 9.00. The van der Waals surface area contributed by atoms with Gasteiger partial charge in [0.05, 0.1) is 0 Å². The number of rotatable bonds is 4. The second-order valence-corrected chi connectivity index (χ2v) is 4.89. The normalized spacial score (nSPS) is 26.0. The lowest BCUT2D eigenvalue weighted by atomic mass is 9.83. The molecular weight excluding hydrogens is 244 g/mol. The molecule has 1 aromatic rings. The Morgan fingerprint density at radius 2 is 1.84 bits per heavy atom. The second-order valence-electron chi connectivity index (χ2n) is 4.89. The number of carbonyl (C=O) groups excluding carboxylic acids is 3. The number of ether oxygens (including phenoxy) is 1. The molecule has 0 amide bonds. The van der Waals surface area contributed by atoms with Gasteiger partial charge in [-0.1, -0.05) is 30.3 Å². The zero-order chi connectivity index (χ0) is 14.0. The van der Waals surface area contributed by atoms with Gasteiger partial charge in [-0.05, 0) is 13.8 Å². The van der Waals surface area contributed by atoms with Gasteiger partial charge in [0.2, 0.25) is 0 Å². The summed E-state index contributed by atoms with van der Waals surface area (Å²) in [6, 6.07) is 8.87. The van der Waals surface area contributed by atoms with Gasteiger partial charge in [-0.25, -0.2) is 0 Å². The third-order valence-electron chi connectivity index (χ3n) is 3.54. The van der Waals surface area contributed by atoms with Crippen molar-refractivity contribution in [1.82, 2.24) is 0 Å². The van der Waals surface area contributed by atoms with E-state index < -0.39 is 18.0 Å². The number of ketones is 2. The van der Waals surface area contributed by atoms with Crippen LogP contribution < -0.4 is 0 Å². The lowest BCUT2D eigenvalue weighted by Gasteiger charge is -2.15. The number of carbonyl (C=O) groups is 3. The highest BCUT2D eigenvalue weighted by Crippen LogP contribution is 2.32. The molecule has 3 atom stereocenters. The average Bonchev–Trinajstić information content (AvgIpc) is 2.65. The molecule has 1 saturated heterocycles. The molecule has 1 aliphatic heterocycles. The first-order valence-corrected chi connectivity index (χ1v) is 6.30. The molecule has 0 aliphatic carbocycles. The molecule has 1 heterocycles. The fourth-order valence-corrected chi connectivity index (χ4v) is 2.50. The van der Waals surface area contributed by atoms with Gasteiger partial charge in [0.15, 0.2) is 5.78 Å². The maximum atomic E-state index is 12.1. The molecule has 4 nitrogen and oxygen atoms in total. The van der Waals surface area contributed by atoms with Crippen LogP contribution in [-0.4, -0.2) is 23.6 Å². The number of hydrogen-bond donors (Lipinski definition) is 0. The summed E-state index contributed by atoms with van der Waals surface area (Å²) in [6.45, 7) is 3.09. The van der Waals surface area contributed by atoms with Crippen molar-refractivity contribution in [3.05, 3.63) is 35.9 Å². The Balaban J connectivity index is 2.15. The van der Waals surface area contributed by atoms with Crippen molar-refractivity contribution in [2.45, 2.75) is 26.4 Å². The van der Waals surface area contributed by atoms with E-state index in [0.29, 0.717) is 5.56 Å². The third-order valence-corrected chi connectivity index (χ3v) is 3.54. The fourth-order valence-electron chi connectivity index (χ4n) is 2.50. The highest BCUT2D eigenvalue weighted by molar-refractivity contribution is 6.01. The van der Waals surface area contributed by atoms with Crippen LogP contribution >= 0.6 is 0 Å². The first kappa shape index (κ1) is 13.5. The molecule has 1 aliphatic rings. The van der Waals surface area contributed by atoms with Crippen molar-refractivity contribution in [2.24, 2.45) is 11.8 Å². The van der Waals surface area contributed by atoms with Crippen molar-refractivity contribution >= 4 is 17.5 Å². The molecule has 0 saturated carbocycles. The minimum atomic E-state index is -0.803. The van der Waals surface area contributed by atoms with E-state index in [1.807, 2.05) is 6.07 Å². The van der Waals surface area contributed by atoms with Crippen LogP contribution in [0, 0.1) is 11.8 Å². The van der Waals surface area contributed by atoms with E-state index in [1.54, 1.807) is 31.2 Å². The van der Waals surface area contributed by atoms with Crippen molar-refractivity contribution in [3.63, 3.8) is 0 Å². The topological polar surface area (TPSA) is 60.4 Å². The van der Waals surface area contributed by atoms with Crippen molar-refractivity contribution in [1.29, 1.82) is 0 Å². The fraction of sp³-hybridized carbons (Fsp3) is 0.400. The molecule has 0 spiro atoms. The third kappa shape index (κ3) is 2.72. The highest BCUT2D eigenvalue weighted by atomic mass is 16.6. The van der Waals surface area contributed by atoms with E-state index in [9.17, 15) is 14.4 Å². The van der Waals surface area contributed by atoms with Crippen LogP contribution in [0.4, 0.5) is 0 Å². The molecule has 2 rings (SSSR count). The molecule has 0 aromatic heterocycles. The lowest BCUT2D eigenvalue weighted by molar-refractivity contribution is -0.146. The summed E-state index contributed by atoms with van der Waals surface area (Å²) in [5.74, 6) is -1.98. The van der Waals surface area contributed by atoms with Crippen LogP contribution in [0.3, 0.4) is 0 Å². The summed E-state index contributed by atoms with van der Waals surface area (Å²) in [5.41, 5.74) is 0.594. The summed E-state index contributed by atoms with van der Waals surface area (Å²) in [5, 5.41) is 0. The molecule has 0 unspecified atom stereocenters. The van der Waals surface area contributed by atoms with Crippen molar-refractivity contribution < 1.29 is 19.1 Å². The Morgan fingerprint density at radius 1 is 1.21 bits per heavy atom. The van der Waals surface area contributed by atoms with Gasteiger partial charge in [-0.15, -0.1) is 0 Å². The van der Waals surface area contributed by atoms with E-state index in [-0.39, 0.29) is 23.9 Å². The monoisotopic (exact) mass is 260 g/mol. The summed E-state index contributed by atoms with van der Waals surface area (Å²) in [6.07, 6.45) is -0.240. The number of cyclic esters (lactones) is 1. The predicted octanol–water partition coefficient (Wildman–Crippen LogP) is 2.03. The Kier molecular flexibility index (Phi) is 3.79. The Hall–Kier alpha value is -1.97. The molecule has 0 radical (unpaired) electrons. The largest absolute Gasteiger partial charge is 0.462 e. The molecule has 0 N–H and O–H groups in total. The molecule has 19 heavy (non-hydrogen) atoms. The van der Waals surface area contributed by atoms with Gasteiger partial charge in [0.25, 0.3) is 0 Å². The van der Waals surface area contributed by atoms with Crippen LogP contribution in [-0.2, 0) is 14.3 Å². The van der Waals surface area contributed by atoms with E-state index >= 15 is 0 Å². The zero-order valence-corrected chi connectivity index (χ0v) is 11.0. The Morgan fingerprint density at radius 3 is 2.42 bits per heavy atom. The molecule has 1 fully saturated rings. The lowest BCUT2D eigenvalue weighted by Crippen LogP contribution is -2.27. The van der Waals surface area contributed by atoms with Crippen molar-refractivity contribution in [3.8, 4) is 0 Å². The highest BCUT2D eigenvalue weighted by Gasteiger charge is 2.45. The molecule has 0 bridgehead atoms. The van der Waals surface area contributed by atoms with Crippen LogP contribution in [0.15, 0.2) is 30.3 Å². The summed E-state index contributed by atoms with van der Waals surface area (Å²) in [4.78, 5) is 35.3. The average molecular weight is 260 g/mol. The van der Waals surface area contributed by atoms with E-state index in [2.05, 4.69) is 0 Å².